The largest absolute Gasteiger partial charge is 0.272 e. The van der Waals surface area contributed by atoms with Crippen molar-refractivity contribution >= 4 is 46.8 Å². The fraction of sp³-hybridized carbons (Fsp3) is 0.188. The van der Waals surface area contributed by atoms with Crippen molar-refractivity contribution in [3.05, 3.63) is 63.9 Å². The first-order valence-corrected chi connectivity index (χ1v) is 8.93. The zero-order valence-corrected chi connectivity index (χ0v) is 14.7. The van der Waals surface area contributed by atoms with Gasteiger partial charge in [-0.2, -0.15) is 0 Å². The third-order valence-corrected chi connectivity index (χ3v) is 5.43. The van der Waals surface area contributed by atoms with Gasteiger partial charge in [-0.25, -0.2) is 5.01 Å². The Balaban J connectivity index is 1.72. The minimum atomic E-state index is -0.340. The van der Waals surface area contributed by atoms with Gasteiger partial charge in [0.1, 0.15) is 5.37 Å². The third kappa shape index (κ3) is 3.83. The molecular formula is C16H13Cl2N3O2S. The molecule has 0 spiro atoms. The summed E-state index contributed by atoms with van der Waals surface area (Å²) < 4.78 is 0. The Hall–Kier alpha value is -1.76. The van der Waals surface area contributed by atoms with Crippen LogP contribution in [0, 0.1) is 0 Å². The fourth-order valence-corrected chi connectivity index (χ4v) is 3.73. The highest BCUT2D eigenvalue weighted by molar-refractivity contribution is 8.00. The molecule has 0 bridgehead atoms. The van der Waals surface area contributed by atoms with E-state index < -0.39 is 0 Å². The molecule has 1 fully saturated rings. The van der Waals surface area contributed by atoms with E-state index in [2.05, 4.69) is 10.4 Å². The van der Waals surface area contributed by atoms with E-state index in [-0.39, 0.29) is 17.2 Å². The van der Waals surface area contributed by atoms with Crippen molar-refractivity contribution < 1.29 is 9.59 Å². The summed E-state index contributed by atoms with van der Waals surface area (Å²) in [5.74, 6) is -0.150. The molecule has 1 N–H and O–H groups in total. The Labute approximate surface area is 153 Å². The van der Waals surface area contributed by atoms with Gasteiger partial charge in [-0.1, -0.05) is 29.3 Å². The van der Waals surface area contributed by atoms with Crippen molar-refractivity contribution in [3.8, 4) is 0 Å². The van der Waals surface area contributed by atoms with Crippen molar-refractivity contribution in [2.24, 2.45) is 0 Å². The van der Waals surface area contributed by atoms with Gasteiger partial charge < -0.3 is 0 Å². The molecule has 1 saturated heterocycles. The average molecular weight is 382 g/mol. The van der Waals surface area contributed by atoms with Gasteiger partial charge >= 0.3 is 0 Å². The summed E-state index contributed by atoms with van der Waals surface area (Å²) in [7, 11) is 0. The number of thioether (sulfide) groups is 1. The molecule has 1 unspecified atom stereocenters. The van der Waals surface area contributed by atoms with Gasteiger partial charge in [0.25, 0.3) is 11.8 Å². The van der Waals surface area contributed by atoms with E-state index >= 15 is 0 Å². The SMILES string of the molecule is O=C(NN1C(=O)CSC1Cc1ccc(Cl)c(Cl)c1)c1ccncc1. The predicted molar refractivity (Wildman–Crippen MR) is 95.0 cm³/mol. The molecule has 2 aromatic rings. The third-order valence-electron chi connectivity index (χ3n) is 3.51. The number of hydrogen-bond donors (Lipinski definition) is 1. The van der Waals surface area contributed by atoms with Gasteiger partial charge in [0, 0.05) is 24.4 Å². The highest BCUT2D eigenvalue weighted by Crippen LogP contribution is 2.29. The zero-order valence-electron chi connectivity index (χ0n) is 12.4. The minimum absolute atomic E-state index is 0.132. The summed E-state index contributed by atoms with van der Waals surface area (Å²) >= 11 is 13.4. The molecule has 24 heavy (non-hydrogen) atoms. The van der Waals surface area contributed by atoms with E-state index in [1.165, 1.54) is 29.2 Å². The van der Waals surface area contributed by atoms with Crippen LogP contribution < -0.4 is 5.43 Å². The molecule has 1 atom stereocenters. The van der Waals surface area contributed by atoms with Crippen LogP contribution in [-0.4, -0.2) is 32.9 Å². The summed E-state index contributed by atoms with van der Waals surface area (Å²) in [5, 5.41) is 2.14. The van der Waals surface area contributed by atoms with Crippen molar-refractivity contribution in [3.63, 3.8) is 0 Å². The summed E-state index contributed by atoms with van der Waals surface area (Å²) in [6.07, 6.45) is 3.62. The molecule has 1 aliphatic rings. The number of benzene rings is 1. The lowest BCUT2D eigenvalue weighted by atomic mass is 10.1. The van der Waals surface area contributed by atoms with Crippen molar-refractivity contribution in [2.75, 3.05) is 5.75 Å². The molecule has 2 heterocycles. The lowest BCUT2D eigenvalue weighted by molar-refractivity contribution is -0.130. The molecular weight excluding hydrogens is 369 g/mol. The quantitative estimate of drug-likeness (QED) is 0.883. The number of hydrazine groups is 1. The molecule has 5 nitrogen and oxygen atoms in total. The fourth-order valence-electron chi connectivity index (χ4n) is 2.30. The Morgan fingerprint density at radius 1 is 1.25 bits per heavy atom. The normalized spacial score (nSPS) is 17.2. The van der Waals surface area contributed by atoms with Crippen LogP contribution in [0.15, 0.2) is 42.7 Å². The average Bonchev–Trinajstić information content (AvgIpc) is 2.92. The summed E-state index contributed by atoms with van der Waals surface area (Å²) in [4.78, 5) is 28.2. The maximum atomic E-state index is 12.3. The first kappa shape index (κ1) is 17.1. The summed E-state index contributed by atoms with van der Waals surface area (Å²) in [6, 6.07) is 8.55. The van der Waals surface area contributed by atoms with Crippen LogP contribution in [0.3, 0.4) is 0 Å². The number of carbonyl (C=O) groups excluding carboxylic acids is 2. The van der Waals surface area contributed by atoms with E-state index in [0.29, 0.717) is 27.8 Å². The monoisotopic (exact) mass is 381 g/mol. The van der Waals surface area contributed by atoms with E-state index in [1.54, 1.807) is 24.3 Å². The van der Waals surface area contributed by atoms with Gasteiger partial charge in [-0.3, -0.25) is 20.0 Å². The number of hydrogen-bond acceptors (Lipinski definition) is 4. The number of halogens is 2. The number of amides is 2. The van der Waals surface area contributed by atoms with Gasteiger partial charge in [0.2, 0.25) is 0 Å². The van der Waals surface area contributed by atoms with Crippen LogP contribution in [0.1, 0.15) is 15.9 Å². The summed E-state index contributed by atoms with van der Waals surface area (Å²) in [6.45, 7) is 0. The van der Waals surface area contributed by atoms with Crippen LogP contribution in [0.4, 0.5) is 0 Å². The first-order chi connectivity index (χ1) is 11.5. The van der Waals surface area contributed by atoms with Crippen molar-refractivity contribution in [1.82, 2.24) is 15.4 Å². The Morgan fingerprint density at radius 3 is 2.71 bits per heavy atom. The number of nitrogens with one attached hydrogen (secondary N) is 1. The Bertz CT molecular complexity index is 773. The number of rotatable bonds is 4. The molecule has 8 heteroatoms. The highest BCUT2D eigenvalue weighted by Gasteiger charge is 2.33. The highest BCUT2D eigenvalue weighted by atomic mass is 35.5. The smallest absolute Gasteiger partial charge is 0.270 e. The lowest BCUT2D eigenvalue weighted by Crippen LogP contribution is -2.48. The Kier molecular flexibility index (Phi) is 5.28. The first-order valence-electron chi connectivity index (χ1n) is 7.13. The summed E-state index contributed by atoms with van der Waals surface area (Å²) in [5.41, 5.74) is 4.07. The predicted octanol–water partition coefficient (Wildman–Crippen LogP) is 3.18. The maximum Gasteiger partial charge on any atom is 0.270 e. The molecule has 124 valence electrons. The van der Waals surface area contributed by atoms with Crippen molar-refractivity contribution in [1.29, 1.82) is 0 Å². The molecule has 0 aliphatic carbocycles. The molecule has 1 aromatic heterocycles. The number of nitrogens with zero attached hydrogens (tertiary/aromatic N) is 2. The van der Waals surface area contributed by atoms with E-state index in [9.17, 15) is 9.59 Å². The molecule has 0 radical (unpaired) electrons. The van der Waals surface area contributed by atoms with E-state index in [4.69, 9.17) is 23.2 Å². The zero-order chi connectivity index (χ0) is 17.1. The van der Waals surface area contributed by atoms with E-state index in [0.717, 1.165) is 5.56 Å². The van der Waals surface area contributed by atoms with E-state index in [1.807, 2.05) is 6.07 Å². The second-order valence-electron chi connectivity index (χ2n) is 5.16. The number of carbonyl (C=O) groups is 2. The van der Waals surface area contributed by atoms with Crippen LogP contribution in [0.5, 0.6) is 0 Å². The molecule has 3 rings (SSSR count). The van der Waals surface area contributed by atoms with Crippen LogP contribution in [0.25, 0.3) is 0 Å². The second-order valence-corrected chi connectivity index (χ2v) is 7.14. The maximum absolute atomic E-state index is 12.3. The van der Waals surface area contributed by atoms with Gasteiger partial charge in [-0.15, -0.1) is 11.8 Å². The van der Waals surface area contributed by atoms with Gasteiger partial charge in [0.05, 0.1) is 15.8 Å². The standard InChI is InChI=1S/C16H13Cl2N3O2S/c17-12-2-1-10(7-13(12)18)8-15-21(14(22)9-24-15)20-16(23)11-3-5-19-6-4-11/h1-7,15H,8-9H2,(H,20,23). The van der Waals surface area contributed by atoms with Crippen LogP contribution >= 0.6 is 35.0 Å². The van der Waals surface area contributed by atoms with Crippen LogP contribution in [-0.2, 0) is 11.2 Å². The molecule has 1 aromatic carbocycles. The molecule has 0 saturated carbocycles. The van der Waals surface area contributed by atoms with Gasteiger partial charge in [0.15, 0.2) is 0 Å². The number of pyridine rings is 1. The van der Waals surface area contributed by atoms with Crippen LogP contribution in [0.2, 0.25) is 10.0 Å². The molecule has 1 aliphatic heterocycles. The second kappa shape index (κ2) is 7.42. The topological polar surface area (TPSA) is 62.3 Å². The lowest BCUT2D eigenvalue weighted by Gasteiger charge is -2.24. The molecule has 2 amide bonds. The number of aromatic nitrogens is 1. The minimum Gasteiger partial charge on any atom is -0.272 e. The Morgan fingerprint density at radius 2 is 2.00 bits per heavy atom. The van der Waals surface area contributed by atoms with Crippen molar-refractivity contribution in [2.45, 2.75) is 11.8 Å². The van der Waals surface area contributed by atoms with Gasteiger partial charge in [-0.05, 0) is 29.8 Å².